The molecule has 5 nitrogen and oxygen atoms in total. The van der Waals surface area contributed by atoms with E-state index >= 15 is 0 Å². The van der Waals surface area contributed by atoms with Gasteiger partial charge in [-0.15, -0.1) is 0 Å². The summed E-state index contributed by atoms with van der Waals surface area (Å²) < 4.78 is 21.5. The van der Waals surface area contributed by atoms with E-state index in [1.54, 1.807) is 24.3 Å². The summed E-state index contributed by atoms with van der Waals surface area (Å²) in [5.41, 5.74) is 0.284. The van der Waals surface area contributed by atoms with Crippen molar-refractivity contribution < 1.29 is 23.7 Å². The number of halogens is 1. The van der Waals surface area contributed by atoms with Gasteiger partial charge in [0.25, 0.3) is 0 Å². The van der Waals surface area contributed by atoms with Crippen LogP contribution in [-0.2, 0) is 4.74 Å². The lowest BCUT2D eigenvalue weighted by atomic mass is 10.2. The van der Waals surface area contributed by atoms with Crippen molar-refractivity contribution in [2.75, 3.05) is 20.3 Å². The zero-order valence-electron chi connectivity index (χ0n) is 11.8. The summed E-state index contributed by atoms with van der Waals surface area (Å²) in [6.45, 7) is 0.978. The van der Waals surface area contributed by atoms with Crippen LogP contribution in [0.2, 0.25) is 5.02 Å². The number of esters is 1. The van der Waals surface area contributed by atoms with Gasteiger partial charge in [-0.2, -0.15) is 0 Å². The minimum absolute atomic E-state index is 0.256. The van der Waals surface area contributed by atoms with Crippen LogP contribution in [0.15, 0.2) is 36.4 Å². The highest BCUT2D eigenvalue weighted by Gasteiger charge is 2.18. The van der Waals surface area contributed by atoms with E-state index in [0.29, 0.717) is 36.2 Å². The monoisotopic (exact) mass is 320 g/mol. The molecule has 0 spiro atoms. The molecule has 0 amide bonds. The summed E-state index contributed by atoms with van der Waals surface area (Å²) >= 11 is 6.08. The molecule has 3 rings (SSSR count). The molecule has 0 radical (unpaired) electrons. The lowest BCUT2D eigenvalue weighted by Gasteiger charge is -2.20. The van der Waals surface area contributed by atoms with Gasteiger partial charge in [0.15, 0.2) is 11.5 Å². The van der Waals surface area contributed by atoms with Gasteiger partial charge in [-0.1, -0.05) is 17.7 Å². The molecule has 2 aromatic carbocycles. The number of fused-ring (bicyclic) bond motifs is 1. The third-order valence-corrected chi connectivity index (χ3v) is 3.42. The molecule has 0 saturated carbocycles. The summed E-state index contributed by atoms with van der Waals surface area (Å²) in [6.07, 6.45) is 0. The first-order chi connectivity index (χ1) is 10.7. The second-order valence-electron chi connectivity index (χ2n) is 4.52. The van der Waals surface area contributed by atoms with Gasteiger partial charge in [0.05, 0.1) is 17.7 Å². The molecule has 2 aromatic rings. The Morgan fingerprint density at radius 2 is 2.00 bits per heavy atom. The van der Waals surface area contributed by atoms with Crippen LogP contribution >= 0.6 is 11.6 Å². The SMILES string of the molecule is COC(=O)c1ccc(Oc2cccc3c2OCCO3)cc1Cl. The van der Waals surface area contributed by atoms with Crippen molar-refractivity contribution in [1.82, 2.24) is 0 Å². The number of hydrogen-bond donors (Lipinski definition) is 0. The average Bonchev–Trinajstić information content (AvgIpc) is 2.55. The van der Waals surface area contributed by atoms with E-state index in [1.165, 1.54) is 7.11 Å². The quantitative estimate of drug-likeness (QED) is 0.807. The molecule has 1 aliphatic rings. The highest BCUT2D eigenvalue weighted by Crippen LogP contribution is 2.41. The number of carbonyl (C=O) groups excluding carboxylic acids is 1. The third kappa shape index (κ3) is 2.80. The Bertz CT molecular complexity index is 714. The number of hydrogen-bond acceptors (Lipinski definition) is 5. The molecule has 6 heteroatoms. The molecule has 1 aliphatic heterocycles. The van der Waals surface area contributed by atoms with E-state index in [-0.39, 0.29) is 10.6 Å². The number of methoxy groups -OCH3 is 1. The lowest BCUT2D eigenvalue weighted by Crippen LogP contribution is -2.15. The average molecular weight is 321 g/mol. The molecule has 1 heterocycles. The fraction of sp³-hybridized carbons (Fsp3) is 0.188. The molecule has 0 unspecified atom stereocenters. The number of rotatable bonds is 3. The van der Waals surface area contributed by atoms with Gasteiger partial charge in [0.2, 0.25) is 5.75 Å². The fourth-order valence-electron chi connectivity index (χ4n) is 2.09. The molecule has 0 aromatic heterocycles. The van der Waals surface area contributed by atoms with Crippen molar-refractivity contribution in [3.63, 3.8) is 0 Å². The fourth-order valence-corrected chi connectivity index (χ4v) is 2.34. The number of ether oxygens (including phenoxy) is 4. The smallest absolute Gasteiger partial charge is 0.339 e. The highest BCUT2D eigenvalue weighted by atomic mass is 35.5. The minimum atomic E-state index is -0.495. The van der Waals surface area contributed by atoms with Crippen LogP contribution < -0.4 is 14.2 Å². The third-order valence-electron chi connectivity index (χ3n) is 3.10. The number of para-hydroxylation sites is 1. The Hall–Kier alpha value is -2.40. The molecule has 0 bridgehead atoms. The van der Waals surface area contributed by atoms with E-state index in [4.69, 9.17) is 25.8 Å². The van der Waals surface area contributed by atoms with E-state index in [2.05, 4.69) is 4.74 Å². The first kappa shape index (κ1) is 14.5. The summed E-state index contributed by atoms with van der Waals surface area (Å²) in [6, 6.07) is 10.1. The second-order valence-corrected chi connectivity index (χ2v) is 4.92. The largest absolute Gasteiger partial charge is 0.486 e. The Kier molecular flexibility index (Phi) is 4.06. The zero-order valence-corrected chi connectivity index (χ0v) is 12.6. The maximum Gasteiger partial charge on any atom is 0.339 e. The minimum Gasteiger partial charge on any atom is -0.486 e. The zero-order chi connectivity index (χ0) is 15.5. The maximum absolute atomic E-state index is 11.5. The van der Waals surface area contributed by atoms with Gasteiger partial charge in [0.1, 0.15) is 19.0 Å². The van der Waals surface area contributed by atoms with Crippen LogP contribution in [0.5, 0.6) is 23.0 Å². The van der Waals surface area contributed by atoms with E-state index < -0.39 is 5.97 Å². The maximum atomic E-state index is 11.5. The molecular weight excluding hydrogens is 308 g/mol. The predicted octanol–water partition coefficient (Wildman–Crippen LogP) is 3.69. The van der Waals surface area contributed by atoms with Crippen molar-refractivity contribution in [3.05, 3.63) is 47.0 Å². The Balaban J connectivity index is 1.88. The van der Waals surface area contributed by atoms with Crippen molar-refractivity contribution >= 4 is 17.6 Å². The van der Waals surface area contributed by atoms with Crippen LogP contribution in [0.1, 0.15) is 10.4 Å². The molecule has 0 saturated heterocycles. The Morgan fingerprint density at radius 1 is 1.18 bits per heavy atom. The number of benzene rings is 2. The Labute approximate surface area is 132 Å². The lowest BCUT2D eigenvalue weighted by molar-refractivity contribution is 0.0601. The predicted molar refractivity (Wildman–Crippen MR) is 80.3 cm³/mol. The first-order valence-electron chi connectivity index (χ1n) is 6.63. The normalized spacial score (nSPS) is 12.6. The van der Waals surface area contributed by atoms with Gasteiger partial charge >= 0.3 is 5.97 Å². The summed E-state index contributed by atoms with van der Waals surface area (Å²) in [7, 11) is 1.30. The number of carbonyl (C=O) groups is 1. The van der Waals surface area contributed by atoms with Gasteiger partial charge in [-0.05, 0) is 24.3 Å². The molecule has 22 heavy (non-hydrogen) atoms. The van der Waals surface area contributed by atoms with Crippen molar-refractivity contribution in [2.45, 2.75) is 0 Å². The molecule has 0 aliphatic carbocycles. The molecule has 114 valence electrons. The van der Waals surface area contributed by atoms with Crippen LogP contribution in [0.25, 0.3) is 0 Å². The van der Waals surface area contributed by atoms with Crippen molar-refractivity contribution in [3.8, 4) is 23.0 Å². The highest BCUT2D eigenvalue weighted by molar-refractivity contribution is 6.33. The topological polar surface area (TPSA) is 54.0 Å². The summed E-state index contributed by atoms with van der Waals surface area (Å²) in [4.78, 5) is 11.5. The van der Waals surface area contributed by atoms with E-state index in [9.17, 15) is 4.79 Å². The second kappa shape index (κ2) is 6.15. The van der Waals surface area contributed by atoms with Gasteiger partial charge in [-0.25, -0.2) is 4.79 Å². The Morgan fingerprint density at radius 3 is 2.77 bits per heavy atom. The first-order valence-corrected chi connectivity index (χ1v) is 7.01. The van der Waals surface area contributed by atoms with Crippen molar-refractivity contribution in [1.29, 1.82) is 0 Å². The summed E-state index contributed by atoms with van der Waals surface area (Å²) in [5, 5.41) is 0.256. The molecule has 0 fully saturated rings. The molecule has 0 N–H and O–H groups in total. The van der Waals surface area contributed by atoms with E-state index in [0.717, 1.165) is 0 Å². The van der Waals surface area contributed by atoms with Gasteiger partial charge < -0.3 is 18.9 Å². The summed E-state index contributed by atoms with van der Waals surface area (Å²) in [5.74, 6) is 1.72. The van der Waals surface area contributed by atoms with Gasteiger partial charge in [0, 0.05) is 6.07 Å². The van der Waals surface area contributed by atoms with Gasteiger partial charge in [-0.3, -0.25) is 0 Å². The van der Waals surface area contributed by atoms with Crippen molar-refractivity contribution in [2.24, 2.45) is 0 Å². The standard InChI is InChI=1S/C16H13ClO5/c1-19-16(18)11-6-5-10(9-12(11)17)22-14-4-2-3-13-15(14)21-8-7-20-13/h2-6,9H,7-8H2,1H3. The van der Waals surface area contributed by atoms with Crippen LogP contribution in [0.3, 0.4) is 0 Å². The van der Waals surface area contributed by atoms with Crippen LogP contribution in [0.4, 0.5) is 0 Å². The van der Waals surface area contributed by atoms with E-state index in [1.807, 2.05) is 12.1 Å². The van der Waals surface area contributed by atoms with Crippen LogP contribution in [0, 0.1) is 0 Å². The molecule has 0 atom stereocenters. The van der Waals surface area contributed by atoms with Crippen LogP contribution in [-0.4, -0.2) is 26.3 Å². The molecular formula is C16H13ClO5.